The molecule has 1 aliphatic heterocycles. The molecule has 1 amide bonds. The molecule has 164 valence electrons. The summed E-state index contributed by atoms with van der Waals surface area (Å²) < 4.78 is 10.7. The summed E-state index contributed by atoms with van der Waals surface area (Å²) in [6.07, 6.45) is 2.50. The minimum atomic E-state index is -0.499. The van der Waals surface area contributed by atoms with Gasteiger partial charge in [-0.2, -0.15) is 0 Å². The van der Waals surface area contributed by atoms with Crippen molar-refractivity contribution in [3.63, 3.8) is 0 Å². The van der Waals surface area contributed by atoms with Gasteiger partial charge in [0.25, 0.3) is 0 Å². The van der Waals surface area contributed by atoms with Gasteiger partial charge in [-0.05, 0) is 47.1 Å². The van der Waals surface area contributed by atoms with Gasteiger partial charge in [0.1, 0.15) is 5.60 Å². The van der Waals surface area contributed by atoms with Crippen molar-refractivity contribution >= 4 is 12.1 Å². The molecule has 8 heteroatoms. The smallest absolute Gasteiger partial charge is 0.407 e. The summed E-state index contributed by atoms with van der Waals surface area (Å²) in [5, 5.41) is 9.60. The van der Waals surface area contributed by atoms with Crippen LogP contribution in [0.25, 0.3) is 0 Å². The molecule has 0 saturated carbocycles. The maximum Gasteiger partial charge on any atom is 0.407 e. The average molecular weight is 400 g/mol. The van der Waals surface area contributed by atoms with Gasteiger partial charge in [-0.15, -0.1) is 0 Å². The Morgan fingerprint density at radius 1 is 1.21 bits per heavy atom. The summed E-state index contributed by atoms with van der Waals surface area (Å²) in [5.41, 5.74) is -0.499. The van der Waals surface area contributed by atoms with E-state index in [1.807, 2.05) is 27.7 Å². The van der Waals surface area contributed by atoms with Crippen molar-refractivity contribution in [2.75, 3.05) is 52.5 Å². The molecule has 1 rings (SSSR count). The van der Waals surface area contributed by atoms with E-state index in [2.05, 4.69) is 32.8 Å². The number of rotatable bonds is 10. The van der Waals surface area contributed by atoms with Crippen LogP contribution >= 0.6 is 0 Å². The number of carbonyl (C=O) groups excluding carboxylic acids is 1. The van der Waals surface area contributed by atoms with Crippen molar-refractivity contribution in [2.24, 2.45) is 4.99 Å². The van der Waals surface area contributed by atoms with E-state index < -0.39 is 5.60 Å². The van der Waals surface area contributed by atoms with Crippen molar-refractivity contribution in [2.45, 2.75) is 65.5 Å². The van der Waals surface area contributed by atoms with Crippen LogP contribution in [0.3, 0.4) is 0 Å². The van der Waals surface area contributed by atoms with Crippen LogP contribution < -0.4 is 16.0 Å². The second-order valence-electron chi connectivity index (χ2n) is 8.09. The van der Waals surface area contributed by atoms with E-state index in [9.17, 15) is 4.79 Å². The molecular weight excluding hydrogens is 358 g/mol. The minimum Gasteiger partial charge on any atom is -0.444 e. The Labute approximate surface area is 170 Å². The first-order valence-electron chi connectivity index (χ1n) is 10.7. The topological polar surface area (TPSA) is 87.2 Å². The molecule has 0 spiro atoms. The molecular formula is C20H41N5O3. The summed E-state index contributed by atoms with van der Waals surface area (Å²) in [6, 6.07) is -0.0383. The highest BCUT2D eigenvalue weighted by Crippen LogP contribution is 2.08. The van der Waals surface area contributed by atoms with Crippen molar-refractivity contribution in [3.8, 4) is 0 Å². The van der Waals surface area contributed by atoms with Crippen LogP contribution in [0.5, 0.6) is 0 Å². The van der Waals surface area contributed by atoms with Gasteiger partial charge in [0.2, 0.25) is 0 Å². The first-order valence-corrected chi connectivity index (χ1v) is 10.7. The first-order chi connectivity index (χ1) is 13.3. The van der Waals surface area contributed by atoms with Gasteiger partial charge in [-0.25, -0.2) is 4.79 Å². The molecule has 0 aromatic carbocycles. The largest absolute Gasteiger partial charge is 0.444 e. The highest BCUT2D eigenvalue weighted by molar-refractivity contribution is 5.79. The lowest BCUT2D eigenvalue weighted by atomic mass is 10.1. The van der Waals surface area contributed by atoms with Crippen LogP contribution in [-0.2, 0) is 9.47 Å². The maximum atomic E-state index is 12.0. The molecule has 0 aliphatic carbocycles. The van der Waals surface area contributed by atoms with E-state index in [-0.39, 0.29) is 12.1 Å². The number of alkyl carbamates (subject to hydrolysis) is 1. The summed E-state index contributed by atoms with van der Waals surface area (Å²) in [4.78, 5) is 19.1. The average Bonchev–Trinajstić information content (AvgIpc) is 2.62. The molecule has 28 heavy (non-hydrogen) atoms. The Morgan fingerprint density at radius 3 is 2.54 bits per heavy atom. The van der Waals surface area contributed by atoms with E-state index in [1.165, 1.54) is 0 Å². The van der Waals surface area contributed by atoms with Crippen molar-refractivity contribution < 1.29 is 14.3 Å². The van der Waals surface area contributed by atoms with Gasteiger partial charge in [0.15, 0.2) is 5.96 Å². The van der Waals surface area contributed by atoms with E-state index >= 15 is 0 Å². The number of nitrogens with one attached hydrogen (secondary N) is 3. The molecule has 8 nitrogen and oxygen atoms in total. The van der Waals surface area contributed by atoms with Crippen LogP contribution in [0.1, 0.15) is 53.9 Å². The zero-order valence-electron chi connectivity index (χ0n) is 18.5. The Balaban J connectivity index is 2.43. The van der Waals surface area contributed by atoms with Gasteiger partial charge in [-0.3, -0.25) is 9.89 Å². The fraction of sp³-hybridized carbons (Fsp3) is 0.900. The zero-order chi connectivity index (χ0) is 20.8. The van der Waals surface area contributed by atoms with E-state index in [0.29, 0.717) is 6.54 Å². The third-order valence-corrected chi connectivity index (χ3v) is 4.22. The SMILES string of the molecule is CCCC(CN=C(NCC)NCCCN1CCOCC1)NC(=O)OC(C)(C)C. The van der Waals surface area contributed by atoms with E-state index in [1.54, 1.807) is 0 Å². The molecule has 0 aromatic rings. The second kappa shape index (κ2) is 13.6. The van der Waals surface area contributed by atoms with Crippen LogP contribution in [-0.4, -0.2) is 81.1 Å². The molecule has 1 heterocycles. The molecule has 0 radical (unpaired) electrons. The third-order valence-electron chi connectivity index (χ3n) is 4.22. The molecule has 1 atom stereocenters. The maximum absolute atomic E-state index is 12.0. The van der Waals surface area contributed by atoms with Crippen molar-refractivity contribution in [1.82, 2.24) is 20.9 Å². The number of carbonyl (C=O) groups is 1. The first kappa shape index (κ1) is 24.5. The summed E-state index contributed by atoms with van der Waals surface area (Å²) >= 11 is 0. The Kier molecular flexibility index (Phi) is 11.9. The number of hydrogen-bond donors (Lipinski definition) is 3. The predicted octanol–water partition coefficient (Wildman–Crippen LogP) is 1.96. The Hall–Kier alpha value is -1.54. The highest BCUT2D eigenvalue weighted by atomic mass is 16.6. The molecule has 0 aromatic heterocycles. The summed E-state index contributed by atoms with van der Waals surface area (Å²) in [5.74, 6) is 0.788. The van der Waals surface area contributed by atoms with E-state index in [0.717, 1.165) is 71.2 Å². The molecule has 0 bridgehead atoms. The monoisotopic (exact) mass is 399 g/mol. The van der Waals surface area contributed by atoms with Gasteiger partial charge >= 0.3 is 6.09 Å². The standard InChI is InChI=1S/C20H41N5O3/c1-6-9-17(24-19(26)28-20(3,4)5)16-23-18(21-7-2)22-10-8-11-25-12-14-27-15-13-25/h17H,6-16H2,1-5H3,(H,24,26)(H2,21,22,23). The van der Waals surface area contributed by atoms with Gasteiger partial charge in [0, 0.05) is 26.2 Å². The molecule has 1 aliphatic rings. The number of amides is 1. The van der Waals surface area contributed by atoms with Gasteiger partial charge < -0.3 is 25.4 Å². The van der Waals surface area contributed by atoms with Gasteiger partial charge in [0.05, 0.1) is 25.8 Å². The van der Waals surface area contributed by atoms with Crippen LogP contribution in [0, 0.1) is 0 Å². The highest BCUT2D eigenvalue weighted by Gasteiger charge is 2.19. The Morgan fingerprint density at radius 2 is 1.93 bits per heavy atom. The zero-order valence-corrected chi connectivity index (χ0v) is 18.5. The number of aliphatic imine (C=N–C) groups is 1. The summed E-state index contributed by atoms with van der Waals surface area (Å²) in [7, 11) is 0. The van der Waals surface area contributed by atoms with Crippen LogP contribution in [0.4, 0.5) is 4.79 Å². The molecule has 1 fully saturated rings. The van der Waals surface area contributed by atoms with Gasteiger partial charge in [-0.1, -0.05) is 13.3 Å². The van der Waals surface area contributed by atoms with Crippen molar-refractivity contribution in [1.29, 1.82) is 0 Å². The summed E-state index contributed by atoms with van der Waals surface area (Å²) in [6.45, 7) is 16.7. The van der Waals surface area contributed by atoms with E-state index in [4.69, 9.17) is 9.47 Å². The molecule has 1 saturated heterocycles. The lowest BCUT2D eigenvalue weighted by Crippen LogP contribution is -2.43. The molecule has 3 N–H and O–H groups in total. The second-order valence-corrected chi connectivity index (χ2v) is 8.09. The Bertz CT molecular complexity index is 459. The fourth-order valence-corrected chi connectivity index (χ4v) is 2.91. The number of hydrogen-bond acceptors (Lipinski definition) is 5. The number of ether oxygens (including phenoxy) is 2. The van der Waals surface area contributed by atoms with Crippen molar-refractivity contribution in [3.05, 3.63) is 0 Å². The quantitative estimate of drug-likeness (QED) is 0.296. The predicted molar refractivity (Wildman–Crippen MR) is 114 cm³/mol. The fourth-order valence-electron chi connectivity index (χ4n) is 2.91. The normalized spacial score (nSPS) is 17.1. The van der Waals surface area contributed by atoms with Crippen LogP contribution in [0.15, 0.2) is 4.99 Å². The van der Waals surface area contributed by atoms with Crippen LogP contribution in [0.2, 0.25) is 0 Å². The number of nitrogens with zero attached hydrogens (tertiary/aromatic N) is 2. The lowest BCUT2D eigenvalue weighted by Gasteiger charge is -2.26. The number of guanidine groups is 1. The lowest BCUT2D eigenvalue weighted by molar-refractivity contribution is 0.0376. The molecule has 1 unspecified atom stereocenters. The third kappa shape index (κ3) is 12.0. The minimum absolute atomic E-state index is 0.0383. The number of morpholine rings is 1.